The van der Waals surface area contributed by atoms with Gasteiger partial charge >= 0.3 is 0 Å². The summed E-state index contributed by atoms with van der Waals surface area (Å²) in [4.78, 5) is 0. The van der Waals surface area contributed by atoms with Crippen LogP contribution < -0.4 is 5.32 Å². The first kappa shape index (κ1) is 14.3. The summed E-state index contributed by atoms with van der Waals surface area (Å²) < 4.78 is 5.97. The van der Waals surface area contributed by atoms with Gasteiger partial charge in [-0.1, -0.05) is 13.3 Å². The summed E-state index contributed by atoms with van der Waals surface area (Å²) >= 11 is 0. The van der Waals surface area contributed by atoms with Crippen LogP contribution in [-0.2, 0) is 4.74 Å². The second kappa shape index (κ2) is 5.92. The van der Waals surface area contributed by atoms with Gasteiger partial charge in [0.25, 0.3) is 0 Å². The highest BCUT2D eigenvalue weighted by molar-refractivity contribution is 4.91. The van der Waals surface area contributed by atoms with E-state index in [2.05, 4.69) is 33.0 Å². The predicted octanol–water partition coefficient (Wildman–Crippen LogP) is 3.61. The maximum absolute atomic E-state index is 5.97. The number of nitrogens with one attached hydrogen (secondary N) is 1. The minimum atomic E-state index is -0.0116. The van der Waals surface area contributed by atoms with Crippen LogP contribution in [0.3, 0.4) is 0 Å². The van der Waals surface area contributed by atoms with E-state index < -0.39 is 0 Å². The Morgan fingerprint density at radius 1 is 1.22 bits per heavy atom. The molecule has 0 aromatic heterocycles. The van der Waals surface area contributed by atoms with Gasteiger partial charge in [-0.05, 0) is 70.8 Å². The molecule has 0 radical (unpaired) electrons. The van der Waals surface area contributed by atoms with Gasteiger partial charge in [-0.2, -0.15) is 0 Å². The summed E-state index contributed by atoms with van der Waals surface area (Å²) in [6, 6.07) is 0.554. The Hall–Kier alpha value is -0.0800. The molecule has 0 heterocycles. The van der Waals surface area contributed by atoms with Crippen molar-refractivity contribution in [3.63, 3.8) is 0 Å². The molecule has 0 aliphatic heterocycles. The Kier molecular flexibility index (Phi) is 4.71. The van der Waals surface area contributed by atoms with E-state index in [0.717, 1.165) is 30.9 Å². The Bertz CT molecular complexity index is 258. The molecule has 2 saturated carbocycles. The molecule has 0 aromatic rings. The third-order valence-electron chi connectivity index (χ3n) is 4.68. The van der Waals surface area contributed by atoms with Gasteiger partial charge in [0, 0.05) is 6.04 Å². The van der Waals surface area contributed by atoms with Crippen molar-refractivity contribution in [3.05, 3.63) is 0 Å². The van der Waals surface area contributed by atoms with Crippen molar-refractivity contribution in [2.75, 3.05) is 13.2 Å². The lowest BCUT2D eigenvalue weighted by atomic mass is 9.84. The standard InChI is InChI=1S/C16H31NO/c1-5-17-15(11-18-16(2,3)4)10-14-9-12-6-7-13(14)8-12/h12-15,17H,5-11H2,1-4H3. The summed E-state index contributed by atoms with van der Waals surface area (Å²) in [5, 5.41) is 3.62. The van der Waals surface area contributed by atoms with Crippen LogP contribution in [0.4, 0.5) is 0 Å². The molecule has 18 heavy (non-hydrogen) atoms. The second-order valence-corrected chi connectivity index (χ2v) is 7.35. The average molecular weight is 253 g/mol. The largest absolute Gasteiger partial charge is 0.374 e. The number of rotatable bonds is 6. The highest BCUT2D eigenvalue weighted by Gasteiger charge is 2.40. The van der Waals surface area contributed by atoms with Crippen molar-refractivity contribution < 1.29 is 4.74 Å². The van der Waals surface area contributed by atoms with Crippen LogP contribution in [0.1, 0.15) is 59.8 Å². The molecule has 2 bridgehead atoms. The van der Waals surface area contributed by atoms with Crippen molar-refractivity contribution in [2.24, 2.45) is 17.8 Å². The first-order chi connectivity index (χ1) is 8.48. The highest BCUT2D eigenvalue weighted by Crippen LogP contribution is 2.49. The van der Waals surface area contributed by atoms with E-state index >= 15 is 0 Å². The molecule has 106 valence electrons. The SMILES string of the molecule is CCNC(COC(C)(C)C)CC1CC2CCC1C2. The quantitative estimate of drug-likeness (QED) is 0.781. The molecular weight excluding hydrogens is 222 g/mol. The zero-order valence-electron chi connectivity index (χ0n) is 12.7. The molecule has 0 amide bonds. The van der Waals surface area contributed by atoms with E-state index in [4.69, 9.17) is 4.74 Å². The zero-order chi connectivity index (χ0) is 13.2. The Labute approximate surface area is 113 Å². The third-order valence-corrected chi connectivity index (χ3v) is 4.68. The summed E-state index contributed by atoms with van der Waals surface area (Å²) in [7, 11) is 0. The number of ether oxygens (including phenoxy) is 1. The molecule has 2 aliphatic rings. The lowest BCUT2D eigenvalue weighted by Gasteiger charge is -2.29. The number of hydrogen-bond acceptors (Lipinski definition) is 2. The lowest BCUT2D eigenvalue weighted by Crippen LogP contribution is -2.38. The average Bonchev–Trinajstić information content (AvgIpc) is 2.87. The fourth-order valence-electron chi connectivity index (χ4n) is 3.88. The normalized spacial score (nSPS) is 33.0. The molecule has 4 atom stereocenters. The van der Waals surface area contributed by atoms with Gasteiger partial charge < -0.3 is 10.1 Å². The van der Waals surface area contributed by atoms with E-state index in [1.54, 1.807) is 0 Å². The zero-order valence-corrected chi connectivity index (χ0v) is 12.7. The maximum atomic E-state index is 5.97. The molecule has 2 aliphatic carbocycles. The Morgan fingerprint density at radius 3 is 2.50 bits per heavy atom. The van der Waals surface area contributed by atoms with Gasteiger partial charge in [0.1, 0.15) is 0 Å². The minimum Gasteiger partial charge on any atom is -0.374 e. The first-order valence-corrected chi connectivity index (χ1v) is 7.85. The second-order valence-electron chi connectivity index (χ2n) is 7.35. The van der Waals surface area contributed by atoms with Crippen molar-refractivity contribution in [1.29, 1.82) is 0 Å². The molecule has 0 aromatic carbocycles. The Balaban J connectivity index is 1.79. The van der Waals surface area contributed by atoms with E-state index in [0.29, 0.717) is 6.04 Å². The van der Waals surface area contributed by atoms with Crippen LogP contribution in [0.5, 0.6) is 0 Å². The van der Waals surface area contributed by atoms with E-state index in [9.17, 15) is 0 Å². The van der Waals surface area contributed by atoms with Gasteiger partial charge in [-0.15, -0.1) is 0 Å². The molecule has 0 saturated heterocycles. The molecule has 2 heteroatoms. The molecule has 2 fully saturated rings. The topological polar surface area (TPSA) is 21.3 Å². The third kappa shape index (κ3) is 3.96. The van der Waals surface area contributed by atoms with Crippen LogP contribution in [0.25, 0.3) is 0 Å². The van der Waals surface area contributed by atoms with Crippen LogP contribution in [-0.4, -0.2) is 24.8 Å². The fraction of sp³-hybridized carbons (Fsp3) is 1.00. The highest BCUT2D eigenvalue weighted by atomic mass is 16.5. The summed E-state index contributed by atoms with van der Waals surface area (Å²) in [6.45, 7) is 10.6. The van der Waals surface area contributed by atoms with Crippen molar-refractivity contribution in [1.82, 2.24) is 5.32 Å². The Morgan fingerprint density at radius 2 is 2.00 bits per heavy atom. The molecule has 4 unspecified atom stereocenters. The number of hydrogen-bond donors (Lipinski definition) is 1. The summed E-state index contributed by atoms with van der Waals surface area (Å²) in [5.74, 6) is 3.06. The van der Waals surface area contributed by atoms with Crippen LogP contribution in [0, 0.1) is 17.8 Å². The number of likely N-dealkylation sites (N-methyl/N-ethyl adjacent to an activating group) is 1. The fourth-order valence-corrected chi connectivity index (χ4v) is 3.88. The van der Waals surface area contributed by atoms with Gasteiger partial charge in [-0.25, -0.2) is 0 Å². The van der Waals surface area contributed by atoms with Crippen molar-refractivity contribution >= 4 is 0 Å². The van der Waals surface area contributed by atoms with Gasteiger partial charge in [0.2, 0.25) is 0 Å². The van der Waals surface area contributed by atoms with Crippen LogP contribution in [0.2, 0.25) is 0 Å². The monoisotopic (exact) mass is 253 g/mol. The first-order valence-electron chi connectivity index (χ1n) is 7.85. The maximum Gasteiger partial charge on any atom is 0.0626 e. The summed E-state index contributed by atoms with van der Waals surface area (Å²) in [5.41, 5.74) is -0.0116. The van der Waals surface area contributed by atoms with Gasteiger partial charge in [0.15, 0.2) is 0 Å². The molecule has 2 nitrogen and oxygen atoms in total. The molecular formula is C16H31NO. The van der Waals surface area contributed by atoms with Gasteiger partial charge in [0.05, 0.1) is 12.2 Å². The van der Waals surface area contributed by atoms with Crippen molar-refractivity contribution in [2.45, 2.75) is 71.4 Å². The summed E-state index contributed by atoms with van der Waals surface area (Å²) in [6.07, 6.45) is 7.33. The van der Waals surface area contributed by atoms with E-state index in [1.807, 2.05) is 0 Å². The predicted molar refractivity (Wildman–Crippen MR) is 76.7 cm³/mol. The van der Waals surface area contributed by atoms with E-state index in [1.165, 1.54) is 32.1 Å². The molecule has 2 rings (SSSR count). The smallest absolute Gasteiger partial charge is 0.0626 e. The molecule has 0 spiro atoms. The molecule has 1 N–H and O–H groups in total. The van der Waals surface area contributed by atoms with E-state index in [-0.39, 0.29) is 5.60 Å². The number of fused-ring (bicyclic) bond motifs is 2. The van der Waals surface area contributed by atoms with Gasteiger partial charge in [-0.3, -0.25) is 0 Å². The lowest BCUT2D eigenvalue weighted by molar-refractivity contribution is -0.0181. The van der Waals surface area contributed by atoms with Crippen LogP contribution in [0.15, 0.2) is 0 Å². The van der Waals surface area contributed by atoms with Crippen molar-refractivity contribution in [3.8, 4) is 0 Å². The minimum absolute atomic E-state index is 0.0116. The van der Waals surface area contributed by atoms with Crippen LogP contribution >= 0.6 is 0 Å².